The summed E-state index contributed by atoms with van der Waals surface area (Å²) in [6, 6.07) is 0.982. The van der Waals surface area contributed by atoms with Gasteiger partial charge in [-0.25, -0.2) is 0 Å². The lowest BCUT2D eigenvalue weighted by molar-refractivity contribution is 0.222. The highest BCUT2D eigenvalue weighted by Gasteiger charge is 2.30. The van der Waals surface area contributed by atoms with E-state index in [0.717, 1.165) is 25.5 Å². The van der Waals surface area contributed by atoms with Crippen LogP contribution < -0.4 is 15.0 Å². The van der Waals surface area contributed by atoms with Gasteiger partial charge in [-0.2, -0.15) is 15.0 Å². The summed E-state index contributed by atoms with van der Waals surface area (Å²) in [5, 5.41) is 3.22. The maximum absolute atomic E-state index is 5.64. The molecule has 1 saturated carbocycles. The molecule has 0 aromatic carbocycles. The van der Waals surface area contributed by atoms with Crippen molar-refractivity contribution in [2.24, 2.45) is 0 Å². The van der Waals surface area contributed by atoms with Crippen LogP contribution in [0.5, 0.6) is 6.01 Å². The van der Waals surface area contributed by atoms with Gasteiger partial charge in [0.05, 0.1) is 6.10 Å². The Morgan fingerprint density at radius 3 is 2.55 bits per heavy atom. The van der Waals surface area contributed by atoms with Gasteiger partial charge in [-0.05, 0) is 40.0 Å². The quantitative estimate of drug-likeness (QED) is 0.788. The van der Waals surface area contributed by atoms with E-state index in [-0.39, 0.29) is 6.10 Å². The van der Waals surface area contributed by atoms with Crippen LogP contribution in [-0.2, 0) is 0 Å². The maximum atomic E-state index is 5.64. The van der Waals surface area contributed by atoms with Crippen molar-refractivity contribution in [2.75, 3.05) is 23.3 Å². The zero-order valence-corrected chi connectivity index (χ0v) is 12.9. The van der Waals surface area contributed by atoms with Gasteiger partial charge >= 0.3 is 6.01 Å². The molecule has 6 nitrogen and oxygen atoms in total. The van der Waals surface area contributed by atoms with Crippen LogP contribution in [0, 0.1) is 0 Å². The summed E-state index contributed by atoms with van der Waals surface area (Å²) < 4.78 is 5.64. The van der Waals surface area contributed by atoms with Gasteiger partial charge in [0, 0.05) is 19.1 Å². The third-order valence-corrected chi connectivity index (χ3v) is 3.06. The normalized spacial score (nSPS) is 14.4. The summed E-state index contributed by atoms with van der Waals surface area (Å²) in [6.07, 6.45) is 3.52. The lowest BCUT2D eigenvalue weighted by Gasteiger charge is -2.21. The molecule has 1 aromatic heterocycles. The van der Waals surface area contributed by atoms with Gasteiger partial charge in [0.15, 0.2) is 0 Å². The van der Waals surface area contributed by atoms with Gasteiger partial charge in [-0.3, -0.25) is 0 Å². The van der Waals surface area contributed by atoms with Crippen LogP contribution in [-0.4, -0.2) is 40.2 Å². The lowest BCUT2D eigenvalue weighted by Crippen LogP contribution is -2.28. The van der Waals surface area contributed by atoms with Crippen LogP contribution in [0.3, 0.4) is 0 Å². The molecule has 1 aromatic rings. The molecule has 1 aliphatic rings. The Morgan fingerprint density at radius 1 is 1.25 bits per heavy atom. The second-order valence-electron chi connectivity index (χ2n) is 5.35. The first-order valence-electron chi connectivity index (χ1n) is 7.57. The molecule has 0 atom stereocenters. The summed E-state index contributed by atoms with van der Waals surface area (Å²) in [4.78, 5) is 15.5. The van der Waals surface area contributed by atoms with Crippen molar-refractivity contribution < 1.29 is 4.74 Å². The van der Waals surface area contributed by atoms with Crippen LogP contribution >= 0.6 is 0 Å². The molecule has 0 amide bonds. The first-order valence-corrected chi connectivity index (χ1v) is 7.57. The molecule has 1 aliphatic carbocycles. The number of nitrogens with zero attached hydrogens (tertiary/aromatic N) is 4. The SMILES string of the molecule is CCCNc1nc(OC(C)C)nc(N(CC)C2CC2)n1. The maximum Gasteiger partial charge on any atom is 0.323 e. The van der Waals surface area contributed by atoms with E-state index in [2.05, 4.69) is 39.0 Å². The first-order chi connectivity index (χ1) is 9.63. The molecule has 6 heteroatoms. The number of rotatable bonds is 8. The molecule has 1 heterocycles. The summed E-state index contributed by atoms with van der Waals surface area (Å²) in [5.74, 6) is 1.32. The topological polar surface area (TPSA) is 63.2 Å². The Bertz CT molecular complexity index is 434. The third kappa shape index (κ3) is 3.95. The smallest absolute Gasteiger partial charge is 0.323 e. The van der Waals surface area contributed by atoms with Crippen molar-refractivity contribution in [1.82, 2.24) is 15.0 Å². The van der Waals surface area contributed by atoms with E-state index in [9.17, 15) is 0 Å². The van der Waals surface area contributed by atoms with Crippen molar-refractivity contribution >= 4 is 11.9 Å². The van der Waals surface area contributed by atoms with E-state index in [1.165, 1.54) is 12.8 Å². The molecule has 1 N–H and O–H groups in total. The molecular weight excluding hydrogens is 254 g/mol. The predicted molar refractivity (Wildman–Crippen MR) is 80.4 cm³/mol. The molecule has 0 unspecified atom stereocenters. The Morgan fingerprint density at radius 2 is 2.00 bits per heavy atom. The van der Waals surface area contributed by atoms with E-state index in [4.69, 9.17) is 4.74 Å². The van der Waals surface area contributed by atoms with Crippen molar-refractivity contribution in [1.29, 1.82) is 0 Å². The van der Waals surface area contributed by atoms with Crippen LogP contribution in [0.4, 0.5) is 11.9 Å². The fourth-order valence-corrected chi connectivity index (χ4v) is 2.00. The van der Waals surface area contributed by atoms with Gasteiger partial charge in [-0.1, -0.05) is 6.92 Å². The fraction of sp³-hybridized carbons (Fsp3) is 0.786. The molecule has 112 valence electrons. The number of hydrogen-bond donors (Lipinski definition) is 1. The largest absolute Gasteiger partial charge is 0.461 e. The molecule has 0 radical (unpaired) electrons. The second-order valence-corrected chi connectivity index (χ2v) is 5.35. The highest BCUT2D eigenvalue weighted by Crippen LogP contribution is 2.30. The molecular formula is C14H25N5O. The van der Waals surface area contributed by atoms with Gasteiger partial charge in [-0.15, -0.1) is 0 Å². The van der Waals surface area contributed by atoms with Crippen molar-refractivity contribution in [3.8, 4) is 6.01 Å². The molecule has 20 heavy (non-hydrogen) atoms. The monoisotopic (exact) mass is 279 g/mol. The summed E-state index contributed by atoms with van der Waals surface area (Å²) >= 11 is 0. The van der Waals surface area contributed by atoms with Crippen molar-refractivity contribution in [2.45, 2.75) is 59.1 Å². The van der Waals surface area contributed by atoms with E-state index in [1.54, 1.807) is 0 Å². The Balaban J connectivity index is 2.23. The van der Waals surface area contributed by atoms with Crippen LogP contribution in [0.25, 0.3) is 0 Å². The number of aromatic nitrogens is 3. The second kappa shape index (κ2) is 6.72. The summed E-state index contributed by atoms with van der Waals surface area (Å²) in [6.45, 7) is 9.94. The number of anilines is 2. The van der Waals surface area contributed by atoms with Gasteiger partial charge in [0.25, 0.3) is 0 Å². The summed E-state index contributed by atoms with van der Waals surface area (Å²) in [5.41, 5.74) is 0. The minimum absolute atomic E-state index is 0.0558. The third-order valence-electron chi connectivity index (χ3n) is 3.06. The number of hydrogen-bond acceptors (Lipinski definition) is 6. The van der Waals surface area contributed by atoms with E-state index >= 15 is 0 Å². The zero-order valence-electron chi connectivity index (χ0n) is 12.9. The van der Waals surface area contributed by atoms with Crippen LogP contribution in [0.2, 0.25) is 0 Å². The Kier molecular flexibility index (Phi) is 4.98. The molecule has 1 fully saturated rings. The standard InChI is InChI=1S/C14H25N5O/c1-5-9-15-12-16-13(19(6-2)11-7-8-11)18-14(17-12)20-10(3)4/h10-11H,5-9H2,1-4H3,(H,15,16,17,18). The highest BCUT2D eigenvalue weighted by atomic mass is 16.5. The Labute approximate surface area is 121 Å². The molecule has 0 bridgehead atoms. The average molecular weight is 279 g/mol. The predicted octanol–water partition coefficient (Wildman–Crippen LogP) is 2.47. The first kappa shape index (κ1) is 14.8. The molecule has 0 spiro atoms. The molecule has 0 saturated heterocycles. The minimum atomic E-state index is 0.0558. The van der Waals surface area contributed by atoms with Gasteiger partial charge in [0.1, 0.15) is 0 Å². The average Bonchev–Trinajstić information content (AvgIpc) is 3.21. The van der Waals surface area contributed by atoms with Crippen molar-refractivity contribution in [3.05, 3.63) is 0 Å². The molecule has 0 aliphatic heterocycles. The fourth-order valence-electron chi connectivity index (χ4n) is 2.00. The van der Waals surface area contributed by atoms with E-state index in [1.807, 2.05) is 13.8 Å². The van der Waals surface area contributed by atoms with Crippen LogP contribution in [0.15, 0.2) is 0 Å². The number of nitrogens with one attached hydrogen (secondary N) is 1. The van der Waals surface area contributed by atoms with Gasteiger partial charge < -0.3 is 15.0 Å². The highest BCUT2D eigenvalue weighted by molar-refractivity contribution is 5.40. The van der Waals surface area contributed by atoms with Gasteiger partial charge in [0.2, 0.25) is 11.9 Å². The molecule has 2 rings (SSSR count). The number of ether oxygens (including phenoxy) is 1. The van der Waals surface area contributed by atoms with E-state index in [0.29, 0.717) is 18.0 Å². The zero-order chi connectivity index (χ0) is 14.5. The Hall–Kier alpha value is -1.59. The summed E-state index contributed by atoms with van der Waals surface area (Å²) in [7, 11) is 0. The minimum Gasteiger partial charge on any atom is -0.461 e. The van der Waals surface area contributed by atoms with Crippen molar-refractivity contribution in [3.63, 3.8) is 0 Å². The van der Waals surface area contributed by atoms with E-state index < -0.39 is 0 Å². The van der Waals surface area contributed by atoms with Crippen LogP contribution in [0.1, 0.15) is 47.0 Å². The lowest BCUT2D eigenvalue weighted by atomic mass is 10.5.